The minimum Gasteiger partial charge on any atom is -0.492 e. The van der Waals surface area contributed by atoms with E-state index >= 15 is 0 Å². The van der Waals surface area contributed by atoms with Gasteiger partial charge in [0.25, 0.3) is 5.91 Å². The van der Waals surface area contributed by atoms with Crippen molar-refractivity contribution in [1.82, 2.24) is 10.2 Å². The molecule has 1 aromatic carbocycles. The lowest BCUT2D eigenvalue weighted by molar-refractivity contribution is 0.0972. The number of halogens is 1. The zero-order valence-corrected chi connectivity index (χ0v) is 16.0. The Morgan fingerprint density at radius 2 is 2.13 bits per heavy atom. The van der Waals surface area contributed by atoms with Crippen molar-refractivity contribution in [3.8, 4) is 5.75 Å². The first-order valence-electron chi connectivity index (χ1n) is 8.04. The van der Waals surface area contributed by atoms with E-state index in [-0.39, 0.29) is 5.91 Å². The molecule has 1 N–H and O–H groups in total. The number of thiocarbonyl (C=S) groups is 1. The number of rotatable bonds is 4. The van der Waals surface area contributed by atoms with Crippen LogP contribution in [0.5, 0.6) is 5.75 Å². The molecule has 1 saturated heterocycles. The van der Waals surface area contributed by atoms with Gasteiger partial charge in [-0.2, -0.15) is 0 Å². The summed E-state index contributed by atoms with van der Waals surface area (Å²) in [6, 6.07) is 5.33. The van der Waals surface area contributed by atoms with Crippen molar-refractivity contribution in [3.63, 3.8) is 0 Å². The minimum atomic E-state index is -0.184. The molecule has 1 amide bonds. The zero-order valence-electron chi connectivity index (χ0n) is 13.6. The topological polar surface area (TPSA) is 41.6 Å². The van der Waals surface area contributed by atoms with E-state index in [1.165, 1.54) is 0 Å². The second kappa shape index (κ2) is 8.64. The SMILES string of the molecule is CCCOc1ccc(C(=O)NC(=S)N2CCC(C)CC2)cc1Br. The Morgan fingerprint density at radius 3 is 2.74 bits per heavy atom. The predicted octanol–water partition coefficient (Wildman–Crippen LogP) is 3.98. The van der Waals surface area contributed by atoms with Crippen molar-refractivity contribution >= 4 is 39.2 Å². The second-order valence-electron chi connectivity index (χ2n) is 5.92. The fourth-order valence-electron chi connectivity index (χ4n) is 2.43. The van der Waals surface area contributed by atoms with Crippen LogP contribution in [0, 0.1) is 5.92 Å². The molecule has 1 aliphatic rings. The summed E-state index contributed by atoms with van der Waals surface area (Å²) in [5.74, 6) is 1.30. The maximum absolute atomic E-state index is 12.4. The van der Waals surface area contributed by atoms with E-state index in [0.29, 0.717) is 17.3 Å². The number of amides is 1. The van der Waals surface area contributed by atoms with Gasteiger partial charge in [0.15, 0.2) is 5.11 Å². The molecule has 4 nitrogen and oxygen atoms in total. The third-order valence-electron chi connectivity index (χ3n) is 3.95. The maximum Gasteiger partial charge on any atom is 0.257 e. The summed E-state index contributed by atoms with van der Waals surface area (Å²) < 4.78 is 6.37. The highest BCUT2D eigenvalue weighted by atomic mass is 79.9. The van der Waals surface area contributed by atoms with Crippen LogP contribution >= 0.6 is 28.1 Å². The lowest BCUT2D eigenvalue weighted by atomic mass is 10.00. The Kier molecular flexibility index (Phi) is 6.84. The van der Waals surface area contributed by atoms with Crippen LogP contribution in [0.3, 0.4) is 0 Å². The van der Waals surface area contributed by atoms with Gasteiger partial charge in [0.1, 0.15) is 5.75 Å². The van der Waals surface area contributed by atoms with E-state index in [2.05, 4.69) is 40.0 Å². The lowest BCUT2D eigenvalue weighted by Crippen LogP contribution is -2.46. The van der Waals surface area contributed by atoms with Crippen LogP contribution in [-0.4, -0.2) is 35.6 Å². The van der Waals surface area contributed by atoms with Gasteiger partial charge in [-0.15, -0.1) is 0 Å². The molecular formula is C17H23BrN2O2S. The van der Waals surface area contributed by atoms with E-state index < -0.39 is 0 Å². The Bertz CT molecular complexity index is 572. The van der Waals surface area contributed by atoms with E-state index in [4.69, 9.17) is 17.0 Å². The number of carbonyl (C=O) groups is 1. The predicted molar refractivity (Wildman–Crippen MR) is 100.0 cm³/mol. The van der Waals surface area contributed by atoms with Crippen LogP contribution in [0.25, 0.3) is 0 Å². The van der Waals surface area contributed by atoms with Crippen molar-refractivity contribution in [2.24, 2.45) is 5.92 Å². The fourth-order valence-corrected chi connectivity index (χ4v) is 3.20. The van der Waals surface area contributed by atoms with Gasteiger partial charge >= 0.3 is 0 Å². The smallest absolute Gasteiger partial charge is 0.257 e. The summed E-state index contributed by atoms with van der Waals surface area (Å²) in [4.78, 5) is 14.4. The number of hydrogen-bond acceptors (Lipinski definition) is 3. The first-order valence-corrected chi connectivity index (χ1v) is 9.24. The fraction of sp³-hybridized carbons (Fsp3) is 0.529. The van der Waals surface area contributed by atoms with Gasteiger partial charge in [0.2, 0.25) is 0 Å². The number of benzene rings is 1. The average Bonchev–Trinajstić information content (AvgIpc) is 2.54. The highest BCUT2D eigenvalue weighted by Crippen LogP contribution is 2.26. The molecule has 6 heteroatoms. The number of piperidine rings is 1. The monoisotopic (exact) mass is 398 g/mol. The molecule has 23 heavy (non-hydrogen) atoms. The highest BCUT2D eigenvalue weighted by molar-refractivity contribution is 9.10. The Hall–Kier alpha value is -1.14. The number of nitrogens with one attached hydrogen (secondary N) is 1. The van der Waals surface area contributed by atoms with Crippen molar-refractivity contribution in [1.29, 1.82) is 0 Å². The molecule has 0 atom stereocenters. The van der Waals surface area contributed by atoms with Crippen LogP contribution in [-0.2, 0) is 0 Å². The molecule has 1 heterocycles. The van der Waals surface area contributed by atoms with E-state index in [1.54, 1.807) is 18.2 Å². The van der Waals surface area contributed by atoms with Gasteiger partial charge in [-0.25, -0.2) is 0 Å². The number of hydrogen-bond donors (Lipinski definition) is 1. The number of likely N-dealkylation sites (tertiary alicyclic amines) is 1. The first-order chi connectivity index (χ1) is 11.0. The molecule has 0 bridgehead atoms. The van der Waals surface area contributed by atoms with Crippen LogP contribution in [0.1, 0.15) is 43.5 Å². The summed E-state index contributed by atoms with van der Waals surface area (Å²) >= 11 is 8.81. The molecule has 1 fully saturated rings. The largest absolute Gasteiger partial charge is 0.492 e. The minimum absolute atomic E-state index is 0.184. The van der Waals surface area contributed by atoms with Crippen LogP contribution in [0.15, 0.2) is 22.7 Å². The highest BCUT2D eigenvalue weighted by Gasteiger charge is 2.19. The van der Waals surface area contributed by atoms with Gasteiger partial charge in [0, 0.05) is 18.7 Å². The summed E-state index contributed by atoms with van der Waals surface area (Å²) in [7, 11) is 0. The van der Waals surface area contributed by atoms with Crippen LogP contribution in [0.4, 0.5) is 0 Å². The van der Waals surface area contributed by atoms with Crippen LogP contribution in [0.2, 0.25) is 0 Å². The van der Waals surface area contributed by atoms with Gasteiger partial charge in [-0.3, -0.25) is 10.1 Å². The van der Waals surface area contributed by atoms with Gasteiger partial charge in [-0.1, -0.05) is 13.8 Å². The van der Waals surface area contributed by atoms with Gasteiger partial charge in [-0.05, 0) is 71.5 Å². The Morgan fingerprint density at radius 1 is 1.43 bits per heavy atom. The average molecular weight is 399 g/mol. The maximum atomic E-state index is 12.4. The van der Waals surface area contributed by atoms with Crippen molar-refractivity contribution in [3.05, 3.63) is 28.2 Å². The Balaban J connectivity index is 1.95. The van der Waals surface area contributed by atoms with E-state index in [0.717, 1.165) is 48.5 Å². The number of ether oxygens (including phenoxy) is 1. The molecular weight excluding hydrogens is 376 g/mol. The summed E-state index contributed by atoms with van der Waals surface area (Å²) in [5.41, 5.74) is 0.563. The third kappa shape index (κ3) is 5.18. The molecule has 2 rings (SSSR count). The quantitative estimate of drug-likeness (QED) is 0.778. The normalized spacial score (nSPS) is 15.3. The van der Waals surface area contributed by atoms with Crippen molar-refractivity contribution in [2.75, 3.05) is 19.7 Å². The zero-order chi connectivity index (χ0) is 16.8. The van der Waals surface area contributed by atoms with Crippen molar-refractivity contribution in [2.45, 2.75) is 33.1 Å². The van der Waals surface area contributed by atoms with Gasteiger partial charge in [0.05, 0.1) is 11.1 Å². The molecule has 0 aromatic heterocycles. The third-order valence-corrected chi connectivity index (χ3v) is 4.93. The first kappa shape index (κ1) is 18.2. The van der Waals surface area contributed by atoms with E-state index in [1.807, 2.05) is 0 Å². The second-order valence-corrected chi connectivity index (χ2v) is 7.16. The molecule has 0 radical (unpaired) electrons. The molecule has 0 spiro atoms. The summed E-state index contributed by atoms with van der Waals surface area (Å²) in [6.07, 6.45) is 3.17. The molecule has 1 aromatic rings. The number of nitrogens with zero attached hydrogens (tertiary/aromatic N) is 1. The molecule has 0 unspecified atom stereocenters. The molecule has 0 aliphatic carbocycles. The lowest BCUT2D eigenvalue weighted by Gasteiger charge is -2.32. The Labute approximate surface area is 151 Å². The number of carbonyl (C=O) groups excluding carboxylic acids is 1. The molecule has 1 aliphatic heterocycles. The molecule has 0 saturated carbocycles. The van der Waals surface area contributed by atoms with Crippen LogP contribution < -0.4 is 10.1 Å². The summed E-state index contributed by atoms with van der Waals surface area (Å²) in [6.45, 7) is 6.78. The summed E-state index contributed by atoms with van der Waals surface area (Å²) in [5, 5.41) is 3.35. The molecule has 126 valence electrons. The van der Waals surface area contributed by atoms with Crippen molar-refractivity contribution < 1.29 is 9.53 Å². The van der Waals surface area contributed by atoms with E-state index in [9.17, 15) is 4.79 Å². The standard InChI is InChI=1S/C17H23BrN2O2S/c1-3-10-22-15-5-4-13(11-14(15)18)16(21)19-17(23)20-8-6-12(2)7-9-20/h4-5,11-12H,3,6-10H2,1-2H3,(H,19,21,23). The van der Waals surface area contributed by atoms with Gasteiger partial charge < -0.3 is 9.64 Å².